The van der Waals surface area contributed by atoms with Gasteiger partial charge < -0.3 is 10.2 Å². The number of nitrogens with zero attached hydrogens (tertiary/aromatic N) is 2. The summed E-state index contributed by atoms with van der Waals surface area (Å²) in [6.45, 7) is 7.63. The molecule has 0 fully saturated rings. The van der Waals surface area contributed by atoms with Crippen LogP contribution in [0, 0.1) is 0 Å². The number of benzene rings is 2. The average Bonchev–Trinajstić information content (AvgIpc) is 2.75. The monoisotopic (exact) mass is 589 g/mol. The number of carbonyl (C=O) groups excluding carboxylic acids is 2. The maximum absolute atomic E-state index is 13.5. The van der Waals surface area contributed by atoms with Gasteiger partial charge in [0.2, 0.25) is 21.8 Å². The van der Waals surface area contributed by atoms with E-state index in [1.165, 1.54) is 9.21 Å². The molecule has 0 aliphatic carbocycles. The van der Waals surface area contributed by atoms with E-state index in [1.54, 1.807) is 42.5 Å². The van der Waals surface area contributed by atoms with E-state index in [9.17, 15) is 18.0 Å². The summed E-state index contributed by atoms with van der Waals surface area (Å²) in [5.74, 6) is -0.563. The molecule has 37 heavy (non-hydrogen) atoms. The zero-order chi connectivity index (χ0) is 28.0. The lowest BCUT2D eigenvalue weighted by Crippen LogP contribution is -2.53. The summed E-state index contributed by atoms with van der Waals surface area (Å²) in [5, 5.41) is 4.21. The number of carbonyl (C=O) groups is 2. The predicted molar refractivity (Wildman–Crippen MR) is 152 cm³/mol. The van der Waals surface area contributed by atoms with Gasteiger partial charge >= 0.3 is 0 Å². The first-order valence-electron chi connectivity index (χ1n) is 11.9. The molecule has 0 radical (unpaired) electrons. The summed E-state index contributed by atoms with van der Waals surface area (Å²) in [7, 11) is -3.61. The van der Waals surface area contributed by atoms with Gasteiger partial charge in [0.1, 0.15) is 6.04 Å². The maximum atomic E-state index is 13.5. The third kappa shape index (κ3) is 9.67. The van der Waals surface area contributed by atoms with E-state index in [2.05, 4.69) is 5.32 Å². The fourth-order valence-corrected chi connectivity index (χ4v) is 5.45. The molecule has 2 aromatic rings. The Balaban J connectivity index is 2.28. The third-order valence-corrected chi connectivity index (χ3v) is 7.50. The highest BCUT2D eigenvalue weighted by atomic mass is 35.5. The highest BCUT2D eigenvalue weighted by molar-refractivity contribution is 7.92. The SMILES string of the molecule is CC[C@H](C(=O)NC(C)(C)C)N(Cc1ccc(Cl)cc1Cl)C(=O)CCCN(c1cccc(Cl)c1)S(C)(=O)=O. The number of hydrogen-bond donors (Lipinski definition) is 1. The van der Waals surface area contributed by atoms with Crippen molar-refractivity contribution < 1.29 is 18.0 Å². The van der Waals surface area contributed by atoms with Gasteiger partial charge in [-0.05, 0) is 69.5 Å². The van der Waals surface area contributed by atoms with Gasteiger partial charge in [-0.25, -0.2) is 8.42 Å². The van der Waals surface area contributed by atoms with Crippen LogP contribution in [0.5, 0.6) is 0 Å². The molecule has 0 spiro atoms. The standard InChI is InChI=1S/C26H34Cl3N3O4S/c1-6-23(25(34)30-26(2,3)4)31(17-18-12-13-20(28)16-22(18)29)24(33)11-8-14-32(37(5,35)36)21-10-7-9-19(27)15-21/h7,9-10,12-13,15-16,23H,6,8,11,14,17H2,1-5H3,(H,30,34)/t23-/m1/s1. The fourth-order valence-electron chi connectivity index (χ4n) is 3.84. The van der Waals surface area contributed by atoms with Crippen molar-refractivity contribution in [1.29, 1.82) is 0 Å². The van der Waals surface area contributed by atoms with Crippen molar-refractivity contribution in [2.45, 2.75) is 65.1 Å². The van der Waals surface area contributed by atoms with Gasteiger partial charge in [-0.2, -0.15) is 0 Å². The van der Waals surface area contributed by atoms with Crippen molar-refractivity contribution in [3.63, 3.8) is 0 Å². The predicted octanol–water partition coefficient (Wildman–Crippen LogP) is 5.92. The van der Waals surface area contributed by atoms with Crippen molar-refractivity contribution in [2.24, 2.45) is 0 Å². The number of anilines is 1. The van der Waals surface area contributed by atoms with Crippen molar-refractivity contribution in [3.8, 4) is 0 Å². The zero-order valence-electron chi connectivity index (χ0n) is 21.7. The highest BCUT2D eigenvalue weighted by Crippen LogP contribution is 2.25. The second kappa shape index (κ2) is 13.2. The number of sulfonamides is 1. The molecule has 0 aliphatic rings. The second-order valence-corrected chi connectivity index (χ2v) is 13.0. The minimum Gasteiger partial charge on any atom is -0.350 e. The minimum atomic E-state index is -3.61. The Morgan fingerprint density at radius 3 is 2.22 bits per heavy atom. The molecule has 7 nitrogen and oxygen atoms in total. The van der Waals surface area contributed by atoms with Crippen molar-refractivity contribution in [1.82, 2.24) is 10.2 Å². The van der Waals surface area contributed by atoms with Crippen LogP contribution in [0.3, 0.4) is 0 Å². The van der Waals surface area contributed by atoms with Crippen LogP contribution in [0.2, 0.25) is 15.1 Å². The molecule has 0 aromatic heterocycles. The Hall–Kier alpha value is -2.00. The molecule has 2 rings (SSSR count). The largest absolute Gasteiger partial charge is 0.350 e. The summed E-state index contributed by atoms with van der Waals surface area (Å²) in [6, 6.07) is 10.8. The molecule has 1 atom stereocenters. The van der Waals surface area contributed by atoms with E-state index in [4.69, 9.17) is 34.8 Å². The number of nitrogens with one attached hydrogen (secondary N) is 1. The summed E-state index contributed by atoms with van der Waals surface area (Å²) >= 11 is 18.5. The quantitative estimate of drug-likeness (QED) is 0.352. The van der Waals surface area contributed by atoms with Gasteiger partial charge in [0.05, 0.1) is 11.9 Å². The average molecular weight is 591 g/mol. The zero-order valence-corrected chi connectivity index (χ0v) is 24.8. The van der Waals surface area contributed by atoms with E-state index in [0.717, 1.165) is 6.26 Å². The first-order chi connectivity index (χ1) is 17.1. The third-order valence-electron chi connectivity index (χ3n) is 5.49. The summed E-state index contributed by atoms with van der Waals surface area (Å²) in [4.78, 5) is 28.1. The molecule has 0 heterocycles. The molecular weight excluding hydrogens is 557 g/mol. The van der Waals surface area contributed by atoms with Crippen LogP contribution >= 0.6 is 34.8 Å². The van der Waals surface area contributed by atoms with Gasteiger partial charge in [0.25, 0.3) is 0 Å². The van der Waals surface area contributed by atoms with Gasteiger partial charge in [-0.3, -0.25) is 13.9 Å². The van der Waals surface area contributed by atoms with Gasteiger partial charge in [0, 0.05) is 40.1 Å². The van der Waals surface area contributed by atoms with Gasteiger partial charge in [0.15, 0.2) is 0 Å². The molecular formula is C26H34Cl3N3O4S. The molecule has 0 aliphatic heterocycles. The normalized spacial score (nSPS) is 12.6. The highest BCUT2D eigenvalue weighted by Gasteiger charge is 2.31. The Bertz CT molecular complexity index is 1220. The number of halogens is 3. The molecule has 11 heteroatoms. The Labute approximate surface area is 235 Å². The van der Waals surface area contributed by atoms with Crippen molar-refractivity contribution in [3.05, 3.63) is 63.1 Å². The lowest BCUT2D eigenvalue weighted by Gasteiger charge is -2.33. The Morgan fingerprint density at radius 2 is 1.68 bits per heavy atom. The van der Waals surface area contributed by atoms with Gasteiger partial charge in [-0.15, -0.1) is 0 Å². The molecule has 1 N–H and O–H groups in total. The topological polar surface area (TPSA) is 86.8 Å². The van der Waals surface area contributed by atoms with Crippen LogP contribution in [0.25, 0.3) is 0 Å². The van der Waals surface area contributed by atoms with Crippen LogP contribution in [0.15, 0.2) is 42.5 Å². The lowest BCUT2D eigenvalue weighted by molar-refractivity contribution is -0.142. The molecule has 0 saturated heterocycles. The van der Waals surface area contributed by atoms with E-state index < -0.39 is 21.6 Å². The van der Waals surface area contributed by atoms with Crippen molar-refractivity contribution in [2.75, 3.05) is 17.1 Å². The van der Waals surface area contributed by atoms with Crippen LogP contribution in [0.4, 0.5) is 5.69 Å². The fraction of sp³-hybridized carbons (Fsp3) is 0.462. The van der Waals surface area contributed by atoms with Crippen LogP contribution in [-0.4, -0.2) is 49.5 Å². The van der Waals surface area contributed by atoms with E-state index in [-0.39, 0.29) is 37.7 Å². The summed E-state index contributed by atoms with van der Waals surface area (Å²) in [6.07, 6.45) is 1.75. The van der Waals surface area contributed by atoms with E-state index in [0.29, 0.717) is 32.7 Å². The molecule has 0 bridgehead atoms. The Morgan fingerprint density at radius 1 is 1.03 bits per heavy atom. The maximum Gasteiger partial charge on any atom is 0.243 e. The number of amides is 2. The van der Waals surface area contributed by atoms with Crippen molar-refractivity contribution >= 4 is 62.3 Å². The summed E-state index contributed by atoms with van der Waals surface area (Å²) in [5.41, 5.74) is 0.589. The number of rotatable bonds is 11. The first-order valence-corrected chi connectivity index (χ1v) is 14.9. The van der Waals surface area contributed by atoms with Gasteiger partial charge in [-0.1, -0.05) is 53.9 Å². The number of hydrogen-bond acceptors (Lipinski definition) is 4. The van der Waals surface area contributed by atoms with Crippen LogP contribution in [-0.2, 0) is 26.2 Å². The lowest BCUT2D eigenvalue weighted by atomic mass is 10.0. The molecule has 0 unspecified atom stereocenters. The second-order valence-electron chi connectivity index (χ2n) is 9.84. The van der Waals surface area contributed by atoms with Crippen LogP contribution < -0.4 is 9.62 Å². The first kappa shape index (κ1) is 31.2. The van der Waals surface area contributed by atoms with E-state index >= 15 is 0 Å². The Kier molecular flexibility index (Phi) is 11.1. The minimum absolute atomic E-state index is 0.0249. The van der Waals surface area contributed by atoms with Crippen LogP contribution in [0.1, 0.15) is 52.5 Å². The molecule has 204 valence electrons. The molecule has 2 amide bonds. The summed E-state index contributed by atoms with van der Waals surface area (Å²) < 4.78 is 26.1. The molecule has 2 aromatic carbocycles. The smallest absolute Gasteiger partial charge is 0.243 e. The molecule has 0 saturated carbocycles. The van der Waals surface area contributed by atoms with E-state index in [1.807, 2.05) is 27.7 Å².